The average Bonchev–Trinajstić information content (AvgIpc) is 2.71. The van der Waals surface area contributed by atoms with E-state index in [0.29, 0.717) is 5.52 Å². The minimum Gasteiger partial charge on any atom is -0.444 e. The molecule has 0 aliphatic carbocycles. The van der Waals surface area contributed by atoms with Crippen molar-refractivity contribution in [1.29, 1.82) is 10.5 Å². The second kappa shape index (κ2) is 8.70. The number of hydrogen-bond acceptors (Lipinski definition) is 6. The zero-order valence-electron chi connectivity index (χ0n) is 17.9. The van der Waals surface area contributed by atoms with E-state index in [2.05, 4.69) is 10.3 Å². The van der Waals surface area contributed by atoms with Crippen LogP contribution in [0.1, 0.15) is 50.7 Å². The number of hydrogen-bond donors (Lipinski definition) is 1. The Morgan fingerprint density at radius 2 is 1.81 bits per heavy atom. The Bertz CT molecular complexity index is 1330. The smallest absolute Gasteiger partial charge is 0.408 e. The first-order valence-corrected chi connectivity index (χ1v) is 10.1. The predicted molar refractivity (Wildman–Crippen MR) is 120 cm³/mol. The number of amides is 1. The van der Waals surface area contributed by atoms with Crippen LogP contribution in [-0.2, 0) is 4.74 Å². The molecule has 1 atom stereocenters. The van der Waals surface area contributed by atoms with Crippen LogP contribution in [-0.4, -0.2) is 21.2 Å². The highest BCUT2D eigenvalue weighted by molar-refractivity contribution is 6.35. The molecule has 1 heterocycles. The van der Waals surface area contributed by atoms with Crippen LogP contribution in [0.25, 0.3) is 16.6 Å². The van der Waals surface area contributed by atoms with Gasteiger partial charge < -0.3 is 10.1 Å². The molecule has 9 heteroatoms. The van der Waals surface area contributed by atoms with Gasteiger partial charge in [-0.15, -0.1) is 0 Å². The van der Waals surface area contributed by atoms with Crippen LogP contribution in [0.2, 0.25) is 5.02 Å². The minimum absolute atomic E-state index is 0.184. The van der Waals surface area contributed by atoms with Crippen molar-refractivity contribution in [2.24, 2.45) is 0 Å². The molecule has 2 aromatic carbocycles. The van der Waals surface area contributed by atoms with Crippen LogP contribution in [0.15, 0.2) is 41.2 Å². The molecular formula is C23H20ClN5O3. The molecule has 0 bridgehead atoms. The van der Waals surface area contributed by atoms with Crippen LogP contribution in [0, 0.1) is 22.7 Å². The van der Waals surface area contributed by atoms with Gasteiger partial charge in [0.2, 0.25) is 0 Å². The number of halogens is 1. The number of benzene rings is 2. The molecule has 0 saturated carbocycles. The van der Waals surface area contributed by atoms with Crippen LogP contribution < -0.4 is 10.9 Å². The van der Waals surface area contributed by atoms with Gasteiger partial charge in [0, 0.05) is 0 Å². The van der Waals surface area contributed by atoms with E-state index in [9.17, 15) is 20.1 Å². The summed E-state index contributed by atoms with van der Waals surface area (Å²) in [5.74, 6) is 0.189. The molecule has 0 saturated heterocycles. The summed E-state index contributed by atoms with van der Waals surface area (Å²) in [6.45, 7) is 6.86. The van der Waals surface area contributed by atoms with Gasteiger partial charge in [0.15, 0.2) is 0 Å². The lowest BCUT2D eigenvalue weighted by molar-refractivity contribution is 0.0505. The van der Waals surface area contributed by atoms with E-state index >= 15 is 0 Å². The molecule has 1 unspecified atom stereocenters. The maximum atomic E-state index is 13.5. The summed E-state index contributed by atoms with van der Waals surface area (Å²) in [4.78, 5) is 30.4. The molecule has 3 aromatic rings. The Hall–Kier alpha value is -3.88. The van der Waals surface area contributed by atoms with E-state index in [1.54, 1.807) is 45.9 Å². The molecule has 8 nitrogen and oxygen atoms in total. The Kier molecular flexibility index (Phi) is 6.20. The first kappa shape index (κ1) is 22.8. The van der Waals surface area contributed by atoms with Gasteiger partial charge in [0.05, 0.1) is 50.9 Å². The largest absolute Gasteiger partial charge is 0.444 e. The third kappa shape index (κ3) is 4.72. The van der Waals surface area contributed by atoms with Crippen molar-refractivity contribution in [2.75, 3.05) is 0 Å². The van der Waals surface area contributed by atoms with Gasteiger partial charge >= 0.3 is 6.09 Å². The van der Waals surface area contributed by atoms with Crippen LogP contribution >= 0.6 is 11.6 Å². The summed E-state index contributed by atoms with van der Waals surface area (Å²) in [5, 5.41) is 21.8. The molecular weight excluding hydrogens is 430 g/mol. The molecule has 0 spiro atoms. The van der Waals surface area contributed by atoms with Crippen molar-refractivity contribution in [3.05, 3.63) is 68.7 Å². The lowest BCUT2D eigenvalue weighted by atomic mass is 10.1. The Morgan fingerprint density at radius 3 is 2.38 bits per heavy atom. The fourth-order valence-corrected chi connectivity index (χ4v) is 3.42. The summed E-state index contributed by atoms with van der Waals surface area (Å²) < 4.78 is 6.56. The summed E-state index contributed by atoms with van der Waals surface area (Å²) in [6, 6.07) is 12.5. The van der Waals surface area contributed by atoms with Crippen molar-refractivity contribution in [3.8, 4) is 17.8 Å². The standard InChI is InChI=1S/C23H20ClN5O3/c1-13(27-22(31)32-23(2,3)4)20-28-18-7-5-6-17(24)19(18)21(30)29(20)16-9-14(11-25)8-15(10-16)12-26/h5-10,13H,1-4H3,(H,27,31). The summed E-state index contributed by atoms with van der Waals surface area (Å²) >= 11 is 6.28. The Balaban J connectivity index is 2.27. The molecule has 162 valence electrons. The molecule has 1 aromatic heterocycles. The highest BCUT2D eigenvalue weighted by atomic mass is 35.5. The number of ether oxygens (including phenoxy) is 1. The van der Waals surface area contributed by atoms with Gasteiger partial charge in [-0.3, -0.25) is 9.36 Å². The summed E-state index contributed by atoms with van der Waals surface area (Å²) in [5.41, 5.74) is -0.201. The fraction of sp³-hybridized carbons (Fsp3) is 0.261. The molecule has 1 N–H and O–H groups in total. The molecule has 0 aliphatic rings. The van der Waals surface area contributed by atoms with Gasteiger partial charge in [0.1, 0.15) is 11.4 Å². The van der Waals surface area contributed by atoms with E-state index in [0.717, 1.165) is 0 Å². The highest BCUT2D eigenvalue weighted by Gasteiger charge is 2.23. The van der Waals surface area contributed by atoms with E-state index in [1.165, 1.54) is 22.8 Å². The molecule has 0 fully saturated rings. The topological polar surface area (TPSA) is 121 Å². The molecule has 0 aliphatic heterocycles. The zero-order valence-corrected chi connectivity index (χ0v) is 18.7. The van der Waals surface area contributed by atoms with E-state index in [4.69, 9.17) is 16.3 Å². The first-order valence-electron chi connectivity index (χ1n) is 9.70. The number of carbonyl (C=O) groups is 1. The quantitative estimate of drug-likeness (QED) is 0.633. The zero-order chi connectivity index (χ0) is 23.6. The number of nitriles is 2. The summed E-state index contributed by atoms with van der Waals surface area (Å²) in [6.07, 6.45) is -0.680. The van der Waals surface area contributed by atoms with Crippen LogP contribution in [0.3, 0.4) is 0 Å². The van der Waals surface area contributed by atoms with Crippen molar-refractivity contribution >= 4 is 28.6 Å². The molecule has 0 radical (unpaired) electrons. The van der Waals surface area contributed by atoms with E-state index < -0.39 is 23.3 Å². The van der Waals surface area contributed by atoms with E-state index in [-0.39, 0.29) is 33.0 Å². The third-order valence-electron chi connectivity index (χ3n) is 4.43. The van der Waals surface area contributed by atoms with Gasteiger partial charge in [-0.05, 0) is 58.0 Å². The third-order valence-corrected chi connectivity index (χ3v) is 4.74. The van der Waals surface area contributed by atoms with Gasteiger partial charge in [0.25, 0.3) is 5.56 Å². The first-order chi connectivity index (χ1) is 15.0. The maximum absolute atomic E-state index is 13.5. The van der Waals surface area contributed by atoms with Crippen molar-refractivity contribution in [3.63, 3.8) is 0 Å². The number of carbonyl (C=O) groups excluding carboxylic acids is 1. The Morgan fingerprint density at radius 1 is 1.19 bits per heavy atom. The van der Waals surface area contributed by atoms with Crippen molar-refractivity contribution < 1.29 is 9.53 Å². The predicted octanol–water partition coefficient (Wildman–Crippen LogP) is 4.37. The van der Waals surface area contributed by atoms with Crippen molar-refractivity contribution in [2.45, 2.75) is 39.3 Å². The number of nitrogens with one attached hydrogen (secondary N) is 1. The number of alkyl carbamates (subject to hydrolysis) is 1. The molecule has 32 heavy (non-hydrogen) atoms. The summed E-state index contributed by atoms with van der Waals surface area (Å²) in [7, 11) is 0. The second-order valence-corrected chi connectivity index (χ2v) is 8.51. The lowest BCUT2D eigenvalue weighted by Crippen LogP contribution is -2.37. The Labute approximate surface area is 189 Å². The normalized spacial score (nSPS) is 12.0. The lowest BCUT2D eigenvalue weighted by Gasteiger charge is -2.23. The maximum Gasteiger partial charge on any atom is 0.408 e. The number of aromatic nitrogens is 2. The number of fused-ring (bicyclic) bond motifs is 1. The number of rotatable bonds is 3. The van der Waals surface area contributed by atoms with Gasteiger partial charge in [-0.2, -0.15) is 10.5 Å². The fourth-order valence-electron chi connectivity index (χ4n) is 3.17. The monoisotopic (exact) mass is 449 g/mol. The number of nitrogens with zero attached hydrogens (tertiary/aromatic N) is 4. The van der Waals surface area contributed by atoms with Crippen LogP contribution in [0.4, 0.5) is 4.79 Å². The van der Waals surface area contributed by atoms with Crippen molar-refractivity contribution in [1.82, 2.24) is 14.9 Å². The average molecular weight is 450 g/mol. The highest BCUT2D eigenvalue weighted by Crippen LogP contribution is 2.24. The minimum atomic E-state index is -0.753. The van der Waals surface area contributed by atoms with Gasteiger partial charge in [-0.25, -0.2) is 9.78 Å². The molecule has 1 amide bonds. The van der Waals surface area contributed by atoms with Crippen LogP contribution in [0.5, 0.6) is 0 Å². The molecule has 3 rings (SSSR count). The second-order valence-electron chi connectivity index (χ2n) is 8.10. The SMILES string of the molecule is CC(NC(=O)OC(C)(C)C)c1nc2cccc(Cl)c2c(=O)n1-c1cc(C#N)cc(C#N)c1. The van der Waals surface area contributed by atoms with E-state index in [1.807, 2.05) is 12.1 Å². The van der Waals surface area contributed by atoms with Gasteiger partial charge in [-0.1, -0.05) is 17.7 Å².